The Morgan fingerprint density at radius 1 is 1.11 bits per heavy atom. The lowest BCUT2D eigenvalue weighted by atomic mass is 10.1. The van der Waals surface area contributed by atoms with E-state index in [1.165, 1.54) is 16.1 Å². The third kappa shape index (κ3) is 3.85. The Morgan fingerprint density at radius 2 is 1.74 bits per heavy atom. The van der Waals surface area contributed by atoms with Crippen LogP contribution in [-0.2, 0) is 16.4 Å². The molecule has 1 unspecified atom stereocenters. The Morgan fingerprint density at radius 3 is 2.33 bits per heavy atom. The van der Waals surface area contributed by atoms with Crippen LogP contribution in [0.1, 0.15) is 11.1 Å². The molecule has 0 radical (unpaired) electrons. The Balaban J connectivity index is 2.08. The fourth-order valence-corrected chi connectivity index (χ4v) is 6.17. The van der Waals surface area contributed by atoms with Gasteiger partial charge < -0.3 is 0 Å². The number of hydrogen-bond acceptors (Lipinski definition) is 5. The summed E-state index contributed by atoms with van der Waals surface area (Å²) in [5.74, 6) is 0.488. The fourth-order valence-electron chi connectivity index (χ4n) is 2.93. The summed E-state index contributed by atoms with van der Waals surface area (Å²) < 4.78 is 28.0. The van der Waals surface area contributed by atoms with Crippen LogP contribution in [-0.4, -0.2) is 24.5 Å². The van der Waals surface area contributed by atoms with Gasteiger partial charge in [0.1, 0.15) is 17.2 Å². The molecule has 0 aromatic heterocycles. The van der Waals surface area contributed by atoms with Gasteiger partial charge >= 0.3 is 0 Å². The third-order valence-corrected chi connectivity index (χ3v) is 7.48. The van der Waals surface area contributed by atoms with Crippen LogP contribution < -0.4 is 0 Å². The highest BCUT2D eigenvalue weighted by atomic mass is 32.2. The van der Waals surface area contributed by atoms with Crippen molar-refractivity contribution in [3.8, 4) is 12.1 Å². The van der Waals surface area contributed by atoms with E-state index in [9.17, 15) is 18.9 Å². The van der Waals surface area contributed by atoms with Crippen LogP contribution in [0.3, 0.4) is 0 Å². The zero-order valence-corrected chi connectivity index (χ0v) is 16.3. The molecule has 1 saturated heterocycles. The van der Waals surface area contributed by atoms with Crippen molar-refractivity contribution in [2.24, 2.45) is 0 Å². The number of rotatable bonds is 4. The largest absolute Gasteiger partial charge is 0.265 e. The molecule has 0 saturated carbocycles. The van der Waals surface area contributed by atoms with E-state index >= 15 is 0 Å². The monoisotopic (exact) mass is 395 g/mol. The van der Waals surface area contributed by atoms with E-state index in [-0.39, 0.29) is 21.5 Å². The molecular formula is C20H17N3O2S2. The van der Waals surface area contributed by atoms with Crippen molar-refractivity contribution in [2.45, 2.75) is 24.3 Å². The summed E-state index contributed by atoms with van der Waals surface area (Å²) >= 11 is 1.24. The average molecular weight is 396 g/mol. The molecule has 136 valence electrons. The molecule has 2 aromatic carbocycles. The van der Waals surface area contributed by atoms with Crippen molar-refractivity contribution < 1.29 is 8.42 Å². The molecule has 1 aliphatic heterocycles. The molecule has 0 bridgehead atoms. The molecule has 0 amide bonds. The molecule has 0 aliphatic carbocycles. The number of nitrogens with zero attached hydrogens (tertiary/aromatic N) is 3. The molecule has 1 atom stereocenters. The number of aryl methyl sites for hydroxylation is 1. The molecule has 5 nitrogen and oxygen atoms in total. The van der Waals surface area contributed by atoms with E-state index in [4.69, 9.17) is 0 Å². The Kier molecular flexibility index (Phi) is 5.55. The topological polar surface area (TPSA) is 85.0 Å². The molecule has 0 spiro atoms. The summed E-state index contributed by atoms with van der Waals surface area (Å²) in [7, 11) is -3.89. The number of allylic oxidation sites excluding steroid dienone is 1. The maximum atomic E-state index is 13.4. The number of thioether (sulfide) groups is 1. The zero-order valence-electron chi connectivity index (χ0n) is 14.7. The summed E-state index contributed by atoms with van der Waals surface area (Å²) in [5.41, 5.74) is 1.78. The van der Waals surface area contributed by atoms with Crippen molar-refractivity contribution in [3.05, 3.63) is 76.3 Å². The molecule has 1 fully saturated rings. The van der Waals surface area contributed by atoms with Gasteiger partial charge in [-0.05, 0) is 31.0 Å². The van der Waals surface area contributed by atoms with E-state index in [2.05, 4.69) is 0 Å². The second-order valence-electron chi connectivity index (χ2n) is 6.17. The first-order chi connectivity index (χ1) is 13.0. The van der Waals surface area contributed by atoms with Crippen LogP contribution in [0.5, 0.6) is 0 Å². The first-order valence-electron chi connectivity index (χ1n) is 8.29. The van der Waals surface area contributed by atoms with Crippen molar-refractivity contribution in [2.75, 3.05) is 5.75 Å². The van der Waals surface area contributed by atoms with E-state index in [0.29, 0.717) is 12.2 Å². The first-order valence-corrected chi connectivity index (χ1v) is 10.7. The van der Waals surface area contributed by atoms with Crippen LogP contribution in [0.15, 0.2) is 70.1 Å². The molecule has 1 aliphatic rings. The van der Waals surface area contributed by atoms with E-state index in [1.54, 1.807) is 24.3 Å². The van der Waals surface area contributed by atoms with Crippen molar-refractivity contribution >= 4 is 21.8 Å². The van der Waals surface area contributed by atoms with Gasteiger partial charge in [-0.1, -0.05) is 48.0 Å². The van der Waals surface area contributed by atoms with Crippen LogP contribution in [0.4, 0.5) is 0 Å². The van der Waals surface area contributed by atoms with Crippen molar-refractivity contribution in [1.82, 2.24) is 4.31 Å². The van der Waals surface area contributed by atoms with Crippen LogP contribution >= 0.6 is 11.8 Å². The Bertz CT molecular complexity index is 1030. The van der Waals surface area contributed by atoms with Gasteiger partial charge in [0.05, 0.1) is 10.9 Å². The minimum absolute atomic E-state index is 0.154. The SMILES string of the molecule is Cc1ccc(S(=O)(=O)N2C(=C(C#N)C#N)SCC2Cc2ccccc2)cc1. The normalized spacial score (nSPS) is 16.6. The molecule has 3 rings (SSSR count). The number of nitriles is 2. The smallest absolute Gasteiger partial charge is 0.254 e. The van der Waals surface area contributed by atoms with Gasteiger partial charge in [-0.25, -0.2) is 8.42 Å². The van der Waals surface area contributed by atoms with Gasteiger partial charge in [-0.2, -0.15) is 10.5 Å². The highest BCUT2D eigenvalue weighted by Gasteiger charge is 2.40. The summed E-state index contributed by atoms with van der Waals surface area (Å²) in [4.78, 5) is 0.154. The van der Waals surface area contributed by atoms with Gasteiger partial charge in [0, 0.05) is 5.75 Å². The minimum atomic E-state index is -3.89. The van der Waals surface area contributed by atoms with Gasteiger partial charge in [-0.15, -0.1) is 11.8 Å². The van der Waals surface area contributed by atoms with Crippen LogP contribution in [0.2, 0.25) is 0 Å². The predicted octanol–water partition coefficient (Wildman–Crippen LogP) is 3.60. The lowest BCUT2D eigenvalue weighted by molar-refractivity contribution is 0.428. The zero-order chi connectivity index (χ0) is 19.4. The van der Waals surface area contributed by atoms with Crippen LogP contribution in [0.25, 0.3) is 0 Å². The highest BCUT2D eigenvalue weighted by Crippen LogP contribution is 2.40. The molecule has 2 aromatic rings. The quantitative estimate of drug-likeness (QED) is 0.739. The highest BCUT2D eigenvalue weighted by molar-refractivity contribution is 8.04. The van der Waals surface area contributed by atoms with E-state index < -0.39 is 10.0 Å². The summed E-state index contributed by atoms with van der Waals surface area (Å²) in [6, 6.07) is 19.5. The van der Waals surface area contributed by atoms with Gasteiger partial charge in [0.15, 0.2) is 5.57 Å². The van der Waals surface area contributed by atoms with Crippen molar-refractivity contribution in [3.63, 3.8) is 0 Å². The minimum Gasteiger partial charge on any atom is -0.254 e. The van der Waals surface area contributed by atoms with E-state index in [1.807, 2.05) is 49.4 Å². The number of benzene rings is 2. The number of hydrogen-bond donors (Lipinski definition) is 0. The first kappa shape index (κ1) is 19.0. The summed E-state index contributed by atoms with van der Waals surface area (Å²) in [5, 5.41) is 18.8. The average Bonchev–Trinajstić information content (AvgIpc) is 3.08. The predicted molar refractivity (Wildman–Crippen MR) is 105 cm³/mol. The van der Waals surface area contributed by atoms with Gasteiger partial charge in [0.25, 0.3) is 10.0 Å². The third-order valence-electron chi connectivity index (χ3n) is 4.27. The molecular weight excluding hydrogens is 378 g/mol. The Labute approximate surface area is 163 Å². The molecule has 27 heavy (non-hydrogen) atoms. The molecule has 7 heteroatoms. The summed E-state index contributed by atoms with van der Waals surface area (Å²) in [6.45, 7) is 1.88. The molecule has 1 heterocycles. The fraction of sp³-hybridized carbons (Fsp3) is 0.200. The molecule has 0 N–H and O–H groups in total. The second kappa shape index (κ2) is 7.87. The van der Waals surface area contributed by atoms with E-state index in [0.717, 1.165) is 11.1 Å². The second-order valence-corrected chi connectivity index (χ2v) is 9.00. The van der Waals surface area contributed by atoms with Crippen LogP contribution in [0, 0.1) is 29.6 Å². The lowest BCUT2D eigenvalue weighted by Gasteiger charge is -2.26. The maximum absolute atomic E-state index is 13.4. The summed E-state index contributed by atoms with van der Waals surface area (Å²) in [6.07, 6.45) is 0.507. The van der Waals surface area contributed by atoms with Crippen molar-refractivity contribution in [1.29, 1.82) is 10.5 Å². The standard InChI is InChI=1S/C20H17N3O2S2/c1-15-7-9-19(10-8-15)27(24,25)23-18(11-16-5-3-2-4-6-16)14-26-20(23)17(12-21)13-22/h2-10,18H,11,14H2,1H3. The lowest BCUT2D eigenvalue weighted by Crippen LogP contribution is -2.37. The van der Waals surface area contributed by atoms with Gasteiger partial charge in [0.2, 0.25) is 0 Å². The Hall–Kier alpha value is -2.74. The number of sulfonamides is 1. The van der Waals surface area contributed by atoms with Gasteiger partial charge in [-0.3, -0.25) is 4.31 Å². The maximum Gasteiger partial charge on any atom is 0.265 e.